The lowest BCUT2D eigenvalue weighted by molar-refractivity contribution is -0.128. The molecule has 0 bridgehead atoms. The molecule has 6 nitrogen and oxygen atoms in total. The van der Waals surface area contributed by atoms with Gasteiger partial charge in [-0.05, 0) is 23.6 Å². The lowest BCUT2D eigenvalue weighted by Crippen LogP contribution is -2.34. The molecule has 0 aliphatic rings. The van der Waals surface area contributed by atoms with E-state index in [1.807, 2.05) is 32.2 Å². The number of rotatable bonds is 5. The number of amides is 1. The molecule has 0 saturated heterocycles. The molecule has 3 aromatic heterocycles. The summed E-state index contributed by atoms with van der Waals surface area (Å²) >= 11 is 2.72. The van der Waals surface area contributed by atoms with E-state index in [4.69, 9.17) is 0 Å². The number of hydrogen-bond acceptors (Lipinski definition) is 6. The Morgan fingerprint density at radius 3 is 2.73 bits per heavy atom. The topological polar surface area (TPSA) is 81.1 Å². The van der Waals surface area contributed by atoms with Gasteiger partial charge in [-0.25, -0.2) is 4.98 Å². The molecule has 1 amide bonds. The Hall–Kier alpha value is -2.32. The third-order valence-electron chi connectivity index (χ3n) is 3.81. The Morgan fingerprint density at radius 1 is 1.23 bits per heavy atom. The van der Waals surface area contributed by atoms with Gasteiger partial charge in [0.2, 0.25) is 5.91 Å². The molecule has 0 aliphatic heterocycles. The number of hydrogen-bond donors (Lipinski definition) is 1. The fourth-order valence-electron chi connectivity index (χ4n) is 2.29. The molecule has 0 unspecified atom stereocenters. The highest BCUT2D eigenvalue weighted by Gasteiger charge is 2.21. The van der Waals surface area contributed by atoms with Crippen LogP contribution in [-0.2, 0) is 17.9 Å². The number of carbonyl (C=O) groups is 2. The Balaban J connectivity index is 1.69. The van der Waals surface area contributed by atoms with Gasteiger partial charge in [0.25, 0.3) is 5.56 Å². The van der Waals surface area contributed by atoms with Crippen LogP contribution in [0.4, 0.5) is 0 Å². The van der Waals surface area contributed by atoms with Crippen molar-refractivity contribution in [3.8, 4) is 0 Å². The van der Waals surface area contributed by atoms with Crippen molar-refractivity contribution in [1.29, 1.82) is 0 Å². The fourth-order valence-corrected chi connectivity index (χ4v) is 3.89. The third kappa shape index (κ3) is 3.91. The van der Waals surface area contributed by atoms with Crippen molar-refractivity contribution in [2.45, 2.75) is 33.9 Å². The number of ketones is 1. The van der Waals surface area contributed by atoms with Crippen LogP contribution in [0.1, 0.15) is 35.3 Å². The van der Waals surface area contributed by atoms with Gasteiger partial charge >= 0.3 is 0 Å². The lowest BCUT2D eigenvalue weighted by Gasteiger charge is -2.17. The van der Waals surface area contributed by atoms with E-state index in [1.54, 1.807) is 12.1 Å². The van der Waals surface area contributed by atoms with Gasteiger partial charge in [0.15, 0.2) is 5.78 Å². The minimum atomic E-state index is -0.454. The van der Waals surface area contributed by atoms with Gasteiger partial charge in [-0.15, -0.1) is 22.7 Å². The minimum absolute atomic E-state index is 0.0412. The van der Waals surface area contributed by atoms with Crippen molar-refractivity contribution < 1.29 is 9.59 Å². The summed E-state index contributed by atoms with van der Waals surface area (Å²) in [6, 6.07) is 5.27. The van der Waals surface area contributed by atoms with E-state index in [1.165, 1.54) is 33.6 Å². The van der Waals surface area contributed by atoms with E-state index in [9.17, 15) is 14.4 Å². The predicted molar refractivity (Wildman–Crippen MR) is 104 cm³/mol. The third-order valence-corrected chi connectivity index (χ3v) is 5.75. The number of carbonyl (C=O) groups excluding carboxylic acids is 2. The number of fused-ring (bicyclic) bond motifs is 1. The van der Waals surface area contributed by atoms with Crippen molar-refractivity contribution >= 4 is 44.6 Å². The summed E-state index contributed by atoms with van der Waals surface area (Å²) in [4.78, 5) is 43.1. The molecular formula is C18H19N3O3S2. The first kappa shape index (κ1) is 18.5. The average Bonchev–Trinajstić information content (AvgIpc) is 3.23. The first-order chi connectivity index (χ1) is 12.3. The van der Waals surface area contributed by atoms with Crippen LogP contribution in [0.25, 0.3) is 10.2 Å². The summed E-state index contributed by atoms with van der Waals surface area (Å²) in [5, 5.41) is 5.20. The van der Waals surface area contributed by atoms with E-state index >= 15 is 0 Å². The highest BCUT2D eigenvalue weighted by atomic mass is 32.1. The molecule has 8 heteroatoms. The molecule has 0 fully saturated rings. The maximum atomic E-state index is 12.5. The summed E-state index contributed by atoms with van der Waals surface area (Å²) in [6.45, 7) is 5.88. The molecule has 0 atom stereocenters. The van der Waals surface area contributed by atoms with E-state index in [0.29, 0.717) is 21.6 Å². The van der Waals surface area contributed by atoms with Crippen LogP contribution in [0.5, 0.6) is 0 Å². The fraction of sp³-hybridized carbons (Fsp3) is 0.333. The maximum Gasteiger partial charge on any atom is 0.262 e. The molecule has 0 aromatic carbocycles. The van der Waals surface area contributed by atoms with Gasteiger partial charge in [0.05, 0.1) is 29.7 Å². The predicted octanol–water partition coefficient (Wildman–Crippen LogP) is 3.06. The van der Waals surface area contributed by atoms with Crippen molar-refractivity contribution in [3.63, 3.8) is 0 Å². The summed E-state index contributed by atoms with van der Waals surface area (Å²) in [5.41, 5.74) is -0.663. The minimum Gasteiger partial charge on any atom is -0.351 e. The van der Waals surface area contributed by atoms with Crippen LogP contribution in [0, 0.1) is 5.41 Å². The number of Topliss-reactive ketones (excluding diaryl/α,β-unsaturated/α-hetero) is 1. The largest absolute Gasteiger partial charge is 0.351 e. The molecule has 3 rings (SSSR count). The Morgan fingerprint density at radius 2 is 2.00 bits per heavy atom. The van der Waals surface area contributed by atoms with Gasteiger partial charge in [0, 0.05) is 10.3 Å². The van der Waals surface area contributed by atoms with Gasteiger partial charge in [-0.1, -0.05) is 20.8 Å². The second-order valence-corrected chi connectivity index (χ2v) is 9.00. The normalized spacial score (nSPS) is 11.7. The van der Waals surface area contributed by atoms with E-state index in [2.05, 4.69) is 10.3 Å². The monoisotopic (exact) mass is 389 g/mol. The van der Waals surface area contributed by atoms with E-state index < -0.39 is 5.41 Å². The molecule has 1 N–H and O–H groups in total. The van der Waals surface area contributed by atoms with Crippen molar-refractivity contribution in [3.05, 3.63) is 50.0 Å². The van der Waals surface area contributed by atoms with Crippen LogP contribution in [-0.4, -0.2) is 21.2 Å². The van der Waals surface area contributed by atoms with Crippen molar-refractivity contribution in [2.75, 3.05) is 0 Å². The first-order valence-corrected chi connectivity index (χ1v) is 9.78. The van der Waals surface area contributed by atoms with Crippen LogP contribution in [0.2, 0.25) is 0 Å². The highest BCUT2D eigenvalue weighted by molar-refractivity contribution is 7.16. The zero-order chi connectivity index (χ0) is 18.9. The number of nitrogens with zero attached hydrogens (tertiary/aromatic N) is 2. The maximum absolute atomic E-state index is 12.5. The van der Waals surface area contributed by atoms with Gasteiger partial charge in [-0.3, -0.25) is 19.0 Å². The molecule has 0 spiro atoms. The quantitative estimate of drug-likeness (QED) is 0.680. The van der Waals surface area contributed by atoms with E-state index in [-0.39, 0.29) is 23.8 Å². The van der Waals surface area contributed by atoms with Crippen molar-refractivity contribution in [2.24, 2.45) is 5.41 Å². The van der Waals surface area contributed by atoms with Crippen molar-refractivity contribution in [1.82, 2.24) is 14.9 Å². The Labute approximate surface area is 158 Å². The highest BCUT2D eigenvalue weighted by Crippen LogP contribution is 2.19. The number of nitrogens with one attached hydrogen (secondary N) is 1. The second-order valence-electron chi connectivity index (χ2n) is 6.94. The van der Waals surface area contributed by atoms with Gasteiger partial charge in [-0.2, -0.15) is 0 Å². The summed E-state index contributed by atoms with van der Waals surface area (Å²) in [7, 11) is 0. The smallest absolute Gasteiger partial charge is 0.262 e. The lowest BCUT2D eigenvalue weighted by atomic mass is 9.96. The molecule has 0 radical (unpaired) electrons. The SMILES string of the molecule is CC(C)(C)C(=O)NCc1ccc(C(=O)Cn2cnc3sccc3c2=O)s1. The Kier molecular flexibility index (Phi) is 5.06. The number of aromatic nitrogens is 2. The summed E-state index contributed by atoms with van der Waals surface area (Å²) in [6.07, 6.45) is 1.41. The summed E-state index contributed by atoms with van der Waals surface area (Å²) < 4.78 is 1.33. The second kappa shape index (κ2) is 7.13. The average molecular weight is 390 g/mol. The summed E-state index contributed by atoms with van der Waals surface area (Å²) in [5.74, 6) is -0.192. The van der Waals surface area contributed by atoms with Gasteiger partial charge in [0.1, 0.15) is 4.83 Å². The van der Waals surface area contributed by atoms with Crippen LogP contribution in [0.3, 0.4) is 0 Å². The molecule has 0 aliphatic carbocycles. The molecule has 3 aromatic rings. The molecule has 0 saturated carbocycles. The zero-order valence-electron chi connectivity index (χ0n) is 14.7. The van der Waals surface area contributed by atoms with Crippen LogP contribution in [0.15, 0.2) is 34.7 Å². The zero-order valence-corrected chi connectivity index (χ0v) is 16.4. The standard InChI is InChI=1S/C18H19N3O3S2/c1-18(2,3)17(24)19-8-11-4-5-14(26-11)13(22)9-21-10-20-15-12(16(21)23)6-7-25-15/h4-7,10H,8-9H2,1-3H3,(H,19,24). The molecule has 3 heterocycles. The number of thiophene rings is 2. The molecule has 136 valence electrons. The Bertz CT molecular complexity index is 1020. The molecule has 26 heavy (non-hydrogen) atoms. The van der Waals surface area contributed by atoms with Crippen LogP contribution < -0.4 is 10.9 Å². The van der Waals surface area contributed by atoms with Gasteiger partial charge < -0.3 is 5.32 Å². The first-order valence-electron chi connectivity index (χ1n) is 8.08. The molecular weight excluding hydrogens is 370 g/mol. The van der Waals surface area contributed by atoms with Crippen LogP contribution >= 0.6 is 22.7 Å². The van der Waals surface area contributed by atoms with E-state index in [0.717, 1.165) is 4.88 Å².